The molecule has 80 valence electrons. The maximum Gasteiger partial charge on any atom is 0.147 e. The summed E-state index contributed by atoms with van der Waals surface area (Å²) in [6, 6.07) is 0. The van der Waals surface area contributed by atoms with Crippen molar-refractivity contribution >= 4 is 30.6 Å². The molecule has 1 N–H and O–H groups in total. The smallest absolute Gasteiger partial charge is 0.147 e. The van der Waals surface area contributed by atoms with E-state index in [1.807, 2.05) is 6.20 Å². The number of nitrogens with zero attached hydrogens (tertiary/aromatic N) is 3. The third-order valence-corrected chi connectivity index (χ3v) is 1.99. The van der Waals surface area contributed by atoms with Gasteiger partial charge in [-0.1, -0.05) is 0 Å². The number of aromatic nitrogens is 2. The summed E-state index contributed by atoms with van der Waals surface area (Å²) in [5.41, 5.74) is 0. The highest BCUT2D eigenvalue weighted by atomic mass is 35.5. The molecule has 0 amide bonds. The molecule has 14 heavy (non-hydrogen) atoms. The average Bonchev–Trinajstić information content (AvgIpc) is 2.21. The van der Waals surface area contributed by atoms with Crippen LogP contribution in [-0.4, -0.2) is 36.1 Å². The van der Waals surface area contributed by atoms with Crippen molar-refractivity contribution in [1.29, 1.82) is 0 Å². The van der Waals surface area contributed by atoms with Crippen molar-refractivity contribution in [3.63, 3.8) is 0 Å². The first-order valence-electron chi connectivity index (χ1n) is 4.18. The number of anilines is 1. The summed E-state index contributed by atoms with van der Waals surface area (Å²) < 4.78 is 0. The lowest BCUT2D eigenvalue weighted by Crippen LogP contribution is -2.43. The van der Waals surface area contributed by atoms with Gasteiger partial charge in [0.15, 0.2) is 0 Å². The summed E-state index contributed by atoms with van der Waals surface area (Å²) >= 11 is 0. The molecule has 1 aliphatic rings. The zero-order chi connectivity index (χ0) is 8.23. The van der Waals surface area contributed by atoms with Crippen molar-refractivity contribution in [2.45, 2.75) is 0 Å². The quantitative estimate of drug-likeness (QED) is 0.781. The van der Waals surface area contributed by atoms with Crippen molar-refractivity contribution in [3.05, 3.63) is 18.6 Å². The third-order valence-electron chi connectivity index (χ3n) is 1.99. The van der Waals surface area contributed by atoms with Crippen LogP contribution in [0, 0.1) is 0 Å². The van der Waals surface area contributed by atoms with E-state index >= 15 is 0 Å². The molecule has 6 heteroatoms. The second-order valence-corrected chi connectivity index (χ2v) is 2.80. The molecule has 1 aliphatic heterocycles. The van der Waals surface area contributed by atoms with Gasteiger partial charge in [0, 0.05) is 38.6 Å². The number of halogens is 2. The Hall–Kier alpha value is -0.580. The highest BCUT2D eigenvalue weighted by molar-refractivity contribution is 5.85. The Kier molecular flexibility index (Phi) is 6.53. The monoisotopic (exact) mass is 236 g/mol. The van der Waals surface area contributed by atoms with E-state index in [1.54, 1.807) is 12.4 Å². The fraction of sp³-hybridized carbons (Fsp3) is 0.500. The summed E-state index contributed by atoms with van der Waals surface area (Å²) in [7, 11) is 0. The van der Waals surface area contributed by atoms with Gasteiger partial charge in [-0.25, -0.2) is 4.98 Å². The van der Waals surface area contributed by atoms with Gasteiger partial charge in [0.25, 0.3) is 0 Å². The van der Waals surface area contributed by atoms with Crippen LogP contribution in [0.1, 0.15) is 0 Å². The Bertz CT molecular complexity index is 238. The maximum absolute atomic E-state index is 4.24. The second-order valence-electron chi connectivity index (χ2n) is 2.80. The lowest BCUT2D eigenvalue weighted by atomic mass is 10.4. The predicted molar refractivity (Wildman–Crippen MR) is 61.6 cm³/mol. The van der Waals surface area contributed by atoms with E-state index in [4.69, 9.17) is 0 Å². The van der Waals surface area contributed by atoms with Gasteiger partial charge in [-0.15, -0.1) is 24.8 Å². The molecule has 2 rings (SSSR count). The molecular formula is C8H14Cl2N4. The van der Waals surface area contributed by atoms with E-state index in [2.05, 4.69) is 20.2 Å². The van der Waals surface area contributed by atoms with Crippen LogP contribution in [0.25, 0.3) is 0 Å². The lowest BCUT2D eigenvalue weighted by Gasteiger charge is -2.27. The molecule has 0 spiro atoms. The van der Waals surface area contributed by atoms with Gasteiger partial charge in [0.2, 0.25) is 0 Å². The number of rotatable bonds is 1. The first kappa shape index (κ1) is 13.4. The molecule has 0 radical (unpaired) electrons. The highest BCUT2D eigenvalue weighted by Crippen LogP contribution is 2.07. The molecular weight excluding hydrogens is 223 g/mol. The minimum absolute atomic E-state index is 0. The second kappa shape index (κ2) is 6.81. The first-order valence-corrected chi connectivity index (χ1v) is 4.18. The zero-order valence-corrected chi connectivity index (χ0v) is 9.35. The molecule has 0 bridgehead atoms. The van der Waals surface area contributed by atoms with E-state index in [-0.39, 0.29) is 24.8 Å². The van der Waals surface area contributed by atoms with Crippen molar-refractivity contribution < 1.29 is 0 Å². The van der Waals surface area contributed by atoms with E-state index in [1.165, 1.54) is 0 Å². The lowest BCUT2D eigenvalue weighted by molar-refractivity contribution is 0.584. The van der Waals surface area contributed by atoms with Crippen molar-refractivity contribution in [3.8, 4) is 0 Å². The Labute approximate surface area is 95.9 Å². The van der Waals surface area contributed by atoms with Crippen LogP contribution in [0.2, 0.25) is 0 Å². The molecule has 0 saturated carbocycles. The molecule has 1 aromatic heterocycles. The molecule has 0 atom stereocenters. The van der Waals surface area contributed by atoms with Crippen molar-refractivity contribution in [2.75, 3.05) is 31.1 Å². The Balaban J connectivity index is 0.000000845. The van der Waals surface area contributed by atoms with E-state index < -0.39 is 0 Å². The minimum Gasteiger partial charge on any atom is -0.353 e. The molecule has 4 nitrogen and oxygen atoms in total. The summed E-state index contributed by atoms with van der Waals surface area (Å²) in [5.74, 6) is 0.985. The van der Waals surface area contributed by atoms with Crippen molar-refractivity contribution in [2.24, 2.45) is 0 Å². The van der Waals surface area contributed by atoms with Gasteiger partial charge < -0.3 is 10.2 Å². The van der Waals surface area contributed by atoms with Crippen LogP contribution in [0.4, 0.5) is 5.82 Å². The molecule has 1 fully saturated rings. The summed E-state index contributed by atoms with van der Waals surface area (Å²) in [6.45, 7) is 4.13. The Morgan fingerprint density at radius 3 is 2.43 bits per heavy atom. The fourth-order valence-electron chi connectivity index (χ4n) is 1.35. The van der Waals surface area contributed by atoms with Crippen LogP contribution in [0.3, 0.4) is 0 Å². The van der Waals surface area contributed by atoms with E-state index in [0.717, 1.165) is 32.0 Å². The molecule has 0 unspecified atom stereocenters. The van der Waals surface area contributed by atoms with Gasteiger partial charge in [0.05, 0.1) is 6.20 Å². The fourth-order valence-corrected chi connectivity index (χ4v) is 1.35. The van der Waals surface area contributed by atoms with Crippen LogP contribution in [0.15, 0.2) is 18.6 Å². The topological polar surface area (TPSA) is 41.1 Å². The van der Waals surface area contributed by atoms with E-state index in [0.29, 0.717) is 0 Å². The molecule has 0 aliphatic carbocycles. The summed E-state index contributed by atoms with van der Waals surface area (Å²) in [6.07, 6.45) is 5.24. The van der Waals surface area contributed by atoms with Crippen LogP contribution >= 0.6 is 24.8 Å². The summed E-state index contributed by atoms with van der Waals surface area (Å²) in [4.78, 5) is 10.5. The van der Waals surface area contributed by atoms with Crippen molar-refractivity contribution in [1.82, 2.24) is 15.3 Å². The molecule has 2 heterocycles. The first-order chi connectivity index (χ1) is 5.97. The zero-order valence-electron chi connectivity index (χ0n) is 7.72. The van der Waals surface area contributed by atoms with Gasteiger partial charge >= 0.3 is 0 Å². The molecule has 1 aromatic rings. The third kappa shape index (κ3) is 3.29. The predicted octanol–water partition coefficient (Wildman–Crippen LogP) is 0.730. The van der Waals surface area contributed by atoms with Crippen LogP contribution in [-0.2, 0) is 0 Å². The number of hydrogen-bond acceptors (Lipinski definition) is 4. The number of nitrogens with one attached hydrogen (secondary N) is 1. The maximum atomic E-state index is 4.24. The van der Waals surface area contributed by atoms with Gasteiger partial charge in [-0.3, -0.25) is 4.98 Å². The minimum atomic E-state index is 0. The standard InChI is InChI=1S/C8H12N4.2ClH/c1-2-11-8(7-10-1)12-5-3-9-4-6-12;;/h1-2,7,9H,3-6H2;2*1H. The Morgan fingerprint density at radius 1 is 1.14 bits per heavy atom. The van der Waals surface area contributed by atoms with Gasteiger partial charge in [-0.05, 0) is 0 Å². The normalized spacial score (nSPS) is 15.3. The highest BCUT2D eigenvalue weighted by Gasteiger charge is 2.10. The Morgan fingerprint density at radius 2 is 1.86 bits per heavy atom. The molecule has 0 aromatic carbocycles. The van der Waals surface area contributed by atoms with Crippen LogP contribution < -0.4 is 10.2 Å². The molecule has 1 saturated heterocycles. The SMILES string of the molecule is Cl.Cl.c1cnc(N2CCNCC2)cn1. The number of hydrogen-bond donors (Lipinski definition) is 1. The van der Waals surface area contributed by atoms with Gasteiger partial charge in [-0.2, -0.15) is 0 Å². The van der Waals surface area contributed by atoms with Gasteiger partial charge in [0.1, 0.15) is 5.82 Å². The largest absolute Gasteiger partial charge is 0.353 e. The number of piperazine rings is 1. The van der Waals surface area contributed by atoms with E-state index in [9.17, 15) is 0 Å². The summed E-state index contributed by atoms with van der Waals surface area (Å²) in [5, 5.41) is 3.29. The van der Waals surface area contributed by atoms with Crippen LogP contribution in [0.5, 0.6) is 0 Å². The average molecular weight is 237 g/mol.